The van der Waals surface area contributed by atoms with E-state index in [2.05, 4.69) is 5.32 Å². The van der Waals surface area contributed by atoms with Crippen LogP contribution < -0.4 is 14.4 Å². The number of halogens is 1. The van der Waals surface area contributed by atoms with Gasteiger partial charge in [0.25, 0.3) is 10.0 Å². The minimum absolute atomic E-state index is 0.0000666. The lowest BCUT2D eigenvalue weighted by Gasteiger charge is -2.32. The van der Waals surface area contributed by atoms with E-state index in [0.29, 0.717) is 22.0 Å². The first-order valence-electron chi connectivity index (χ1n) is 12.5. The number of aryl methyl sites for hydroxylation is 1. The molecular weight excluding hydrogens is 538 g/mol. The van der Waals surface area contributed by atoms with Crippen LogP contribution in [0.5, 0.6) is 5.75 Å². The predicted octanol–water partition coefficient (Wildman–Crippen LogP) is 4.79. The fraction of sp³-hybridized carbons (Fsp3) is 0.310. The number of ether oxygens (including phenoxy) is 1. The summed E-state index contributed by atoms with van der Waals surface area (Å²) in [4.78, 5) is 28.2. The second kappa shape index (κ2) is 13.0. The first kappa shape index (κ1) is 30.0. The molecule has 0 saturated heterocycles. The van der Waals surface area contributed by atoms with Gasteiger partial charge in [0.05, 0.1) is 17.7 Å². The van der Waals surface area contributed by atoms with Crippen molar-refractivity contribution < 1.29 is 22.7 Å². The minimum atomic E-state index is -4.16. The van der Waals surface area contributed by atoms with Crippen molar-refractivity contribution >= 4 is 39.1 Å². The van der Waals surface area contributed by atoms with Crippen molar-refractivity contribution in [2.45, 2.75) is 51.2 Å². The summed E-state index contributed by atoms with van der Waals surface area (Å²) in [6.45, 7) is 6.64. The molecule has 0 fully saturated rings. The van der Waals surface area contributed by atoms with Gasteiger partial charge in [-0.25, -0.2) is 8.42 Å². The quantitative estimate of drug-likeness (QED) is 0.357. The van der Waals surface area contributed by atoms with Gasteiger partial charge in [-0.05, 0) is 75.7 Å². The number of anilines is 1. The fourth-order valence-corrected chi connectivity index (χ4v) is 5.52. The van der Waals surface area contributed by atoms with Gasteiger partial charge >= 0.3 is 0 Å². The topological polar surface area (TPSA) is 96.0 Å². The highest BCUT2D eigenvalue weighted by Gasteiger charge is 2.33. The molecule has 208 valence electrons. The van der Waals surface area contributed by atoms with E-state index in [1.54, 1.807) is 67.6 Å². The summed E-state index contributed by atoms with van der Waals surface area (Å²) in [7, 11) is -2.67. The minimum Gasteiger partial charge on any atom is -0.497 e. The molecule has 0 heterocycles. The van der Waals surface area contributed by atoms with Gasteiger partial charge < -0.3 is 15.0 Å². The Balaban J connectivity index is 2.04. The van der Waals surface area contributed by atoms with Crippen LogP contribution in [0.3, 0.4) is 0 Å². The molecule has 3 rings (SSSR count). The van der Waals surface area contributed by atoms with Crippen molar-refractivity contribution in [2.24, 2.45) is 0 Å². The Kier molecular flexibility index (Phi) is 9.99. The maximum absolute atomic E-state index is 13.9. The number of benzene rings is 3. The molecule has 0 aliphatic rings. The predicted molar refractivity (Wildman–Crippen MR) is 153 cm³/mol. The van der Waals surface area contributed by atoms with Gasteiger partial charge in [-0.3, -0.25) is 13.9 Å². The zero-order chi connectivity index (χ0) is 28.7. The molecule has 3 aromatic carbocycles. The number of hydrogen-bond donors (Lipinski definition) is 1. The molecule has 0 spiro atoms. The van der Waals surface area contributed by atoms with Crippen LogP contribution in [0.2, 0.25) is 5.02 Å². The Hall–Kier alpha value is -3.56. The van der Waals surface area contributed by atoms with E-state index in [0.717, 1.165) is 9.87 Å². The number of rotatable bonds is 11. The van der Waals surface area contributed by atoms with E-state index in [1.807, 2.05) is 20.8 Å². The maximum Gasteiger partial charge on any atom is 0.264 e. The Morgan fingerprint density at radius 2 is 1.56 bits per heavy atom. The number of nitrogens with zero attached hydrogens (tertiary/aromatic N) is 2. The van der Waals surface area contributed by atoms with E-state index >= 15 is 0 Å². The van der Waals surface area contributed by atoms with E-state index in [4.69, 9.17) is 16.3 Å². The number of methoxy groups -OCH3 is 1. The van der Waals surface area contributed by atoms with Crippen LogP contribution in [0.4, 0.5) is 5.69 Å². The molecule has 8 nitrogen and oxygen atoms in total. The Bertz CT molecular complexity index is 1390. The van der Waals surface area contributed by atoms with E-state index in [-0.39, 0.29) is 23.4 Å². The van der Waals surface area contributed by atoms with Crippen molar-refractivity contribution in [1.29, 1.82) is 0 Å². The smallest absolute Gasteiger partial charge is 0.264 e. The molecule has 0 radical (unpaired) electrons. The van der Waals surface area contributed by atoms with Crippen LogP contribution in [0.15, 0.2) is 77.7 Å². The summed E-state index contributed by atoms with van der Waals surface area (Å²) in [5.74, 6) is -0.410. The third-order valence-electron chi connectivity index (χ3n) is 6.15. The standard InChI is InChI=1S/C29H34ClN3O5S/c1-20(2)31-29(35)22(4)32(18-23-8-6-7-9-27(23)30)28(34)19-33(24-12-10-21(3)11-13-24)39(36,37)26-16-14-25(38-5)15-17-26/h6-17,20,22H,18-19H2,1-5H3,(H,31,35)/t22-/m0/s1. The van der Waals surface area contributed by atoms with Gasteiger partial charge in [-0.15, -0.1) is 0 Å². The number of amides is 2. The summed E-state index contributed by atoms with van der Waals surface area (Å²) >= 11 is 6.38. The molecule has 3 aromatic rings. The normalized spacial score (nSPS) is 12.1. The highest BCUT2D eigenvalue weighted by molar-refractivity contribution is 7.92. The van der Waals surface area contributed by atoms with Gasteiger partial charge in [0.15, 0.2) is 0 Å². The third-order valence-corrected chi connectivity index (χ3v) is 8.30. The van der Waals surface area contributed by atoms with Crippen molar-refractivity contribution in [3.63, 3.8) is 0 Å². The number of carbonyl (C=O) groups excluding carboxylic acids is 2. The van der Waals surface area contributed by atoms with E-state index < -0.39 is 28.5 Å². The van der Waals surface area contributed by atoms with E-state index in [1.165, 1.54) is 24.1 Å². The van der Waals surface area contributed by atoms with Crippen LogP contribution >= 0.6 is 11.6 Å². The molecular formula is C29H34ClN3O5S. The second-order valence-corrected chi connectivity index (χ2v) is 11.7. The van der Waals surface area contributed by atoms with Gasteiger partial charge in [0.1, 0.15) is 18.3 Å². The Morgan fingerprint density at radius 3 is 2.13 bits per heavy atom. The van der Waals surface area contributed by atoms with Gasteiger partial charge in [0.2, 0.25) is 11.8 Å². The van der Waals surface area contributed by atoms with Crippen molar-refractivity contribution in [3.05, 3.63) is 88.9 Å². The van der Waals surface area contributed by atoms with Crippen LogP contribution in [-0.4, -0.2) is 50.9 Å². The highest BCUT2D eigenvalue weighted by Crippen LogP contribution is 2.27. The summed E-state index contributed by atoms with van der Waals surface area (Å²) < 4.78 is 33.9. The van der Waals surface area contributed by atoms with E-state index in [9.17, 15) is 18.0 Å². The number of sulfonamides is 1. The Morgan fingerprint density at radius 1 is 0.949 bits per heavy atom. The highest BCUT2D eigenvalue weighted by atomic mass is 35.5. The summed E-state index contributed by atoms with van der Waals surface area (Å²) in [6, 6.07) is 18.8. The van der Waals surface area contributed by atoms with Crippen LogP contribution in [0, 0.1) is 6.92 Å². The third kappa shape index (κ3) is 7.52. The summed E-state index contributed by atoms with van der Waals surface area (Å²) in [5, 5.41) is 3.26. The first-order valence-corrected chi connectivity index (χ1v) is 14.3. The maximum atomic E-state index is 13.9. The summed E-state index contributed by atoms with van der Waals surface area (Å²) in [6.07, 6.45) is 0. The molecule has 0 unspecified atom stereocenters. The number of nitrogens with one attached hydrogen (secondary N) is 1. The molecule has 0 aromatic heterocycles. The van der Waals surface area contributed by atoms with Crippen molar-refractivity contribution in [3.8, 4) is 5.75 Å². The molecule has 39 heavy (non-hydrogen) atoms. The van der Waals surface area contributed by atoms with Gasteiger partial charge in [0, 0.05) is 17.6 Å². The van der Waals surface area contributed by atoms with Crippen LogP contribution in [0.1, 0.15) is 31.9 Å². The molecule has 10 heteroatoms. The van der Waals surface area contributed by atoms with Crippen LogP contribution in [0.25, 0.3) is 0 Å². The Labute approximate surface area is 235 Å². The SMILES string of the molecule is COc1ccc(S(=O)(=O)N(CC(=O)N(Cc2ccccc2Cl)[C@@H](C)C(=O)NC(C)C)c2ccc(C)cc2)cc1. The molecule has 0 bridgehead atoms. The molecule has 0 aliphatic carbocycles. The average molecular weight is 572 g/mol. The molecule has 1 atom stereocenters. The van der Waals surface area contributed by atoms with Gasteiger partial charge in [-0.1, -0.05) is 47.5 Å². The zero-order valence-corrected chi connectivity index (χ0v) is 24.3. The number of carbonyl (C=O) groups is 2. The monoisotopic (exact) mass is 571 g/mol. The largest absolute Gasteiger partial charge is 0.497 e. The second-order valence-electron chi connectivity index (χ2n) is 9.48. The summed E-state index contributed by atoms with van der Waals surface area (Å²) in [5.41, 5.74) is 1.89. The first-order chi connectivity index (χ1) is 18.4. The van der Waals surface area contributed by atoms with Crippen molar-refractivity contribution in [2.75, 3.05) is 18.0 Å². The molecule has 1 N–H and O–H groups in total. The number of hydrogen-bond acceptors (Lipinski definition) is 5. The zero-order valence-electron chi connectivity index (χ0n) is 22.7. The van der Waals surface area contributed by atoms with Gasteiger partial charge in [-0.2, -0.15) is 0 Å². The fourth-order valence-electron chi connectivity index (χ4n) is 3.91. The average Bonchev–Trinajstić information content (AvgIpc) is 2.91. The van der Waals surface area contributed by atoms with Crippen LogP contribution in [-0.2, 0) is 26.2 Å². The lowest BCUT2D eigenvalue weighted by molar-refractivity contribution is -0.139. The lowest BCUT2D eigenvalue weighted by Crippen LogP contribution is -2.52. The molecule has 0 aliphatic heterocycles. The molecule has 2 amide bonds. The lowest BCUT2D eigenvalue weighted by atomic mass is 10.1. The van der Waals surface area contributed by atoms with Crippen molar-refractivity contribution in [1.82, 2.24) is 10.2 Å². The molecule has 0 saturated carbocycles.